The third kappa shape index (κ3) is 2.18. The molecular formula is C9H10F3NO3S. The summed E-state index contributed by atoms with van der Waals surface area (Å²) in [6.45, 7) is 0. The number of rotatable bonds is 2. The number of fused-ring (bicyclic) bond motifs is 2. The molecule has 2 rings (SSSR count). The molecule has 0 heterocycles. The third-order valence-electron chi connectivity index (χ3n) is 3.16. The summed E-state index contributed by atoms with van der Waals surface area (Å²) in [5.74, 6) is -1.67. The molecule has 1 amide bonds. The van der Waals surface area contributed by atoms with Crippen molar-refractivity contribution >= 4 is 15.9 Å². The molecule has 1 N–H and O–H groups in total. The van der Waals surface area contributed by atoms with E-state index >= 15 is 0 Å². The second kappa shape index (κ2) is 3.72. The molecule has 2 unspecified atom stereocenters. The Morgan fingerprint density at radius 1 is 1.24 bits per heavy atom. The summed E-state index contributed by atoms with van der Waals surface area (Å²) >= 11 is 0. The van der Waals surface area contributed by atoms with Crippen LogP contribution >= 0.6 is 0 Å². The molecule has 0 aromatic heterocycles. The standard InChI is InChI=1S/C9H10F3NO3S/c10-9(11,12)17(15,16)13-8(14)7-4-5-1-2-6(7)3-5/h1-2,5-7H,3-4H2,(H,13,14)/t5-,6?,7?/m1/s1. The van der Waals surface area contributed by atoms with Gasteiger partial charge in [-0.25, -0.2) is 4.72 Å². The van der Waals surface area contributed by atoms with Crippen LogP contribution in [0.15, 0.2) is 12.2 Å². The fourth-order valence-electron chi connectivity index (χ4n) is 2.35. The van der Waals surface area contributed by atoms with E-state index in [1.807, 2.05) is 6.08 Å². The number of hydrogen-bond acceptors (Lipinski definition) is 3. The van der Waals surface area contributed by atoms with Gasteiger partial charge in [-0.3, -0.25) is 4.79 Å². The number of amides is 1. The summed E-state index contributed by atoms with van der Waals surface area (Å²) < 4.78 is 58.8. The molecule has 1 saturated carbocycles. The second-order valence-corrected chi connectivity index (χ2v) is 5.98. The van der Waals surface area contributed by atoms with Crippen LogP contribution in [0.4, 0.5) is 13.2 Å². The highest BCUT2D eigenvalue weighted by Crippen LogP contribution is 2.43. The Morgan fingerprint density at radius 3 is 2.29 bits per heavy atom. The van der Waals surface area contributed by atoms with Crippen LogP contribution in [0.25, 0.3) is 0 Å². The lowest BCUT2D eigenvalue weighted by Gasteiger charge is -2.18. The third-order valence-corrected chi connectivity index (χ3v) is 4.23. The first-order valence-electron chi connectivity index (χ1n) is 5.02. The SMILES string of the molecule is O=C(NS(=O)(=O)C(F)(F)F)C1C[C@@H]2C=CC1C2. The first kappa shape index (κ1) is 12.4. The van der Waals surface area contributed by atoms with Gasteiger partial charge >= 0.3 is 15.5 Å². The molecule has 4 nitrogen and oxygen atoms in total. The molecule has 96 valence electrons. The molecular weight excluding hydrogens is 259 g/mol. The molecule has 8 heteroatoms. The first-order valence-corrected chi connectivity index (χ1v) is 6.50. The molecule has 0 spiro atoms. The van der Waals surface area contributed by atoms with Crippen LogP contribution in [0.5, 0.6) is 0 Å². The topological polar surface area (TPSA) is 63.2 Å². The van der Waals surface area contributed by atoms with Crippen LogP contribution in [0.2, 0.25) is 0 Å². The average Bonchev–Trinajstić information content (AvgIpc) is 2.75. The highest BCUT2D eigenvalue weighted by molar-refractivity contribution is 7.90. The van der Waals surface area contributed by atoms with Crippen molar-refractivity contribution in [1.29, 1.82) is 0 Å². The van der Waals surface area contributed by atoms with Crippen LogP contribution in [0.3, 0.4) is 0 Å². The van der Waals surface area contributed by atoms with Gasteiger partial charge in [0.05, 0.1) is 0 Å². The van der Waals surface area contributed by atoms with E-state index in [0.717, 1.165) is 4.72 Å². The summed E-state index contributed by atoms with van der Waals surface area (Å²) in [5.41, 5.74) is -5.45. The normalized spacial score (nSPS) is 31.8. The summed E-state index contributed by atoms with van der Waals surface area (Å²) in [5, 5.41) is 0. The van der Waals surface area contributed by atoms with Crippen LogP contribution in [0.1, 0.15) is 12.8 Å². The van der Waals surface area contributed by atoms with Crippen molar-refractivity contribution in [3.05, 3.63) is 12.2 Å². The summed E-state index contributed by atoms with van der Waals surface area (Å²) in [4.78, 5) is 11.5. The number of nitrogens with one attached hydrogen (secondary N) is 1. The van der Waals surface area contributed by atoms with E-state index < -0.39 is 27.4 Å². The Bertz CT molecular complexity index is 468. The van der Waals surface area contributed by atoms with Crippen molar-refractivity contribution in [3.63, 3.8) is 0 Å². The zero-order chi connectivity index (χ0) is 12.8. The second-order valence-electron chi connectivity index (χ2n) is 4.30. The minimum absolute atomic E-state index is 0.136. The maximum Gasteiger partial charge on any atom is 0.516 e. The smallest absolute Gasteiger partial charge is 0.274 e. The van der Waals surface area contributed by atoms with Gasteiger partial charge in [0.15, 0.2) is 0 Å². The molecule has 0 aliphatic heterocycles. The fourth-order valence-corrected chi connectivity index (χ4v) is 2.88. The zero-order valence-electron chi connectivity index (χ0n) is 8.57. The van der Waals surface area contributed by atoms with E-state index in [2.05, 4.69) is 0 Å². The molecule has 0 aromatic carbocycles. The van der Waals surface area contributed by atoms with Gasteiger partial charge in [-0.1, -0.05) is 12.2 Å². The zero-order valence-corrected chi connectivity index (χ0v) is 9.38. The minimum atomic E-state index is -5.57. The summed E-state index contributed by atoms with van der Waals surface area (Å²) in [6.07, 6.45) is 4.80. The first-order chi connectivity index (χ1) is 7.71. The van der Waals surface area contributed by atoms with Crippen LogP contribution < -0.4 is 4.72 Å². The van der Waals surface area contributed by atoms with E-state index in [1.165, 1.54) is 0 Å². The van der Waals surface area contributed by atoms with Crippen molar-refractivity contribution in [3.8, 4) is 0 Å². The Balaban J connectivity index is 2.06. The van der Waals surface area contributed by atoms with Crippen molar-refractivity contribution in [2.45, 2.75) is 18.3 Å². The van der Waals surface area contributed by atoms with Crippen molar-refractivity contribution in [2.24, 2.45) is 17.8 Å². The van der Waals surface area contributed by atoms with Crippen molar-refractivity contribution in [2.75, 3.05) is 0 Å². The Kier molecular flexibility index (Phi) is 2.72. The van der Waals surface area contributed by atoms with Crippen LogP contribution in [0, 0.1) is 17.8 Å². The van der Waals surface area contributed by atoms with E-state index in [0.29, 0.717) is 12.8 Å². The number of sulfonamides is 1. The number of allylic oxidation sites excluding steroid dienone is 2. The van der Waals surface area contributed by atoms with Gasteiger partial charge in [-0.05, 0) is 24.7 Å². The quantitative estimate of drug-likeness (QED) is 0.765. The highest BCUT2D eigenvalue weighted by Gasteiger charge is 2.49. The van der Waals surface area contributed by atoms with Gasteiger partial charge < -0.3 is 0 Å². The van der Waals surface area contributed by atoms with Gasteiger partial charge in [0.2, 0.25) is 5.91 Å². The maximum absolute atomic E-state index is 12.1. The molecule has 1 fully saturated rings. The maximum atomic E-state index is 12.1. The van der Waals surface area contributed by atoms with E-state index in [4.69, 9.17) is 0 Å². The van der Waals surface area contributed by atoms with Gasteiger partial charge in [-0.2, -0.15) is 21.6 Å². The van der Waals surface area contributed by atoms with Gasteiger partial charge in [0.1, 0.15) is 0 Å². The molecule has 0 aromatic rings. The molecule has 0 saturated heterocycles. The van der Waals surface area contributed by atoms with Crippen LogP contribution in [-0.2, 0) is 14.8 Å². The molecule has 0 radical (unpaired) electrons. The Hall–Kier alpha value is -1.05. The summed E-state index contributed by atoms with van der Waals surface area (Å²) in [6, 6.07) is 0. The molecule has 3 atom stereocenters. The lowest BCUT2D eigenvalue weighted by Crippen LogP contribution is -2.43. The van der Waals surface area contributed by atoms with Gasteiger partial charge in [0, 0.05) is 5.92 Å². The minimum Gasteiger partial charge on any atom is -0.274 e. The lowest BCUT2D eigenvalue weighted by molar-refractivity contribution is -0.124. The lowest BCUT2D eigenvalue weighted by atomic mass is 9.93. The predicted octanol–water partition coefficient (Wildman–Crippen LogP) is 1.16. The van der Waals surface area contributed by atoms with Crippen LogP contribution in [-0.4, -0.2) is 19.8 Å². The molecule has 2 aliphatic carbocycles. The average molecular weight is 269 g/mol. The van der Waals surface area contributed by atoms with E-state index in [9.17, 15) is 26.4 Å². The number of alkyl halides is 3. The molecule has 2 bridgehead atoms. The number of carbonyl (C=O) groups is 1. The monoisotopic (exact) mass is 269 g/mol. The Labute approximate surface area is 95.9 Å². The van der Waals surface area contributed by atoms with Gasteiger partial charge in [0.25, 0.3) is 0 Å². The van der Waals surface area contributed by atoms with Gasteiger partial charge in [-0.15, -0.1) is 0 Å². The number of hydrogen-bond donors (Lipinski definition) is 1. The van der Waals surface area contributed by atoms with Crippen molar-refractivity contribution in [1.82, 2.24) is 4.72 Å². The van der Waals surface area contributed by atoms with E-state index in [1.54, 1.807) is 6.08 Å². The molecule has 2 aliphatic rings. The summed E-state index contributed by atoms with van der Waals surface area (Å²) in [7, 11) is -5.57. The Morgan fingerprint density at radius 2 is 1.88 bits per heavy atom. The van der Waals surface area contributed by atoms with Crippen molar-refractivity contribution < 1.29 is 26.4 Å². The largest absolute Gasteiger partial charge is 0.516 e. The number of carbonyl (C=O) groups excluding carboxylic acids is 1. The predicted molar refractivity (Wildman–Crippen MR) is 52.0 cm³/mol. The fraction of sp³-hybridized carbons (Fsp3) is 0.667. The highest BCUT2D eigenvalue weighted by atomic mass is 32.2. The molecule has 17 heavy (non-hydrogen) atoms. The number of halogens is 3. The van der Waals surface area contributed by atoms with E-state index in [-0.39, 0.29) is 11.8 Å².